The number of hydrogen-bond acceptors (Lipinski definition) is 4. The van der Waals surface area contributed by atoms with Gasteiger partial charge in [-0.15, -0.1) is 0 Å². The zero-order valence-electron chi connectivity index (χ0n) is 7.11. The van der Waals surface area contributed by atoms with Gasteiger partial charge in [0.05, 0.1) is 19.3 Å². The average Bonchev–Trinajstić information content (AvgIpc) is 2.17. The fraction of sp³-hybridized carbons (Fsp3) is 0.222. The molecule has 0 aromatic heterocycles. The van der Waals surface area contributed by atoms with Gasteiger partial charge >= 0.3 is 0 Å². The average molecular weight is 179 g/mol. The van der Waals surface area contributed by atoms with Crippen molar-refractivity contribution in [2.24, 2.45) is 0 Å². The van der Waals surface area contributed by atoms with Gasteiger partial charge in [0.25, 0.3) is 0 Å². The molecule has 0 heterocycles. The van der Waals surface area contributed by atoms with Gasteiger partial charge in [-0.1, -0.05) is 0 Å². The van der Waals surface area contributed by atoms with E-state index in [1.165, 1.54) is 19.2 Å². The molecule has 0 amide bonds. The summed E-state index contributed by atoms with van der Waals surface area (Å²) in [5.74, 6) is 0.232. The number of phenolic OH excluding ortho intramolecular Hbond substituents is 1. The number of aliphatic hydroxyl groups is 1. The molecular formula is C9H9NO3. The van der Waals surface area contributed by atoms with E-state index in [0.29, 0.717) is 11.3 Å². The highest BCUT2D eigenvalue weighted by molar-refractivity contribution is 5.50. The van der Waals surface area contributed by atoms with E-state index in [2.05, 4.69) is 0 Å². The summed E-state index contributed by atoms with van der Waals surface area (Å²) < 4.78 is 4.89. The van der Waals surface area contributed by atoms with Gasteiger partial charge in [0.2, 0.25) is 0 Å². The Bertz CT molecular complexity index is 355. The van der Waals surface area contributed by atoms with Crippen molar-refractivity contribution in [2.75, 3.05) is 7.11 Å². The van der Waals surface area contributed by atoms with Crippen LogP contribution in [0.2, 0.25) is 0 Å². The predicted octanol–water partition coefficient (Wildman–Crippen LogP) is 0.765. The van der Waals surface area contributed by atoms with Crippen molar-refractivity contribution in [2.45, 2.75) is 6.61 Å². The van der Waals surface area contributed by atoms with Gasteiger partial charge in [-0.05, 0) is 6.07 Å². The number of aromatic hydroxyl groups is 1. The van der Waals surface area contributed by atoms with Crippen LogP contribution in [-0.4, -0.2) is 17.3 Å². The Morgan fingerprint density at radius 1 is 1.54 bits per heavy atom. The van der Waals surface area contributed by atoms with E-state index >= 15 is 0 Å². The van der Waals surface area contributed by atoms with Gasteiger partial charge in [-0.3, -0.25) is 0 Å². The lowest BCUT2D eigenvalue weighted by atomic mass is 10.1. The Morgan fingerprint density at radius 3 is 2.69 bits per heavy atom. The maximum absolute atomic E-state index is 9.26. The number of rotatable bonds is 2. The number of hydrogen-bond donors (Lipinski definition) is 2. The van der Waals surface area contributed by atoms with Crippen LogP contribution in [0.3, 0.4) is 0 Å². The molecule has 4 nitrogen and oxygen atoms in total. The number of methoxy groups -OCH3 is 1. The third-order valence-corrected chi connectivity index (χ3v) is 1.69. The molecule has 1 aromatic rings. The SMILES string of the molecule is COc1cc(O)c(C#N)cc1CO. The zero-order chi connectivity index (χ0) is 9.84. The minimum Gasteiger partial charge on any atom is -0.506 e. The molecule has 13 heavy (non-hydrogen) atoms. The fourth-order valence-electron chi connectivity index (χ4n) is 1.02. The van der Waals surface area contributed by atoms with Crippen molar-refractivity contribution in [3.63, 3.8) is 0 Å². The molecule has 0 radical (unpaired) electrons. The largest absolute Gasteiger partial charge is 0.506 e. The van der Waals surface area contributed by atoms with Crippen LogP contribution >= 0.6 is 0 Å². The highest BCUT2D eigenvalue weighted by Gasteiger charge is 2.08. The highest BCUT2D eigenvalue weighted by Crippen LogP contribution is 2.27. The summed E-state index contributed by atoms with van der Waals surface area (Å²) in [5.41, 5.74) is 0.613. The van der Waals surface area contributed by atoms with Crippen LogP contribution in [0.15, 0.2) is 12.1 Å². The molecule has 0 aliphatic heterocycles. The van der Waals surface area contributed by atoms with Gasteiger partial charge in [-0.2, -0.15) is 5.26 Å². The summed E-state index contributed by atoms with van der Waals surface area (Å²) in [5, 5.41) is 26.7. The Morgan fingerprint density at radius 2 is 2.23 bits per heavy atom. The first kappa shape index (κ1) is 9.36. The maximum Gasteiger partial charge on any atom is 0.137 e. The molecule has 2 N–H and O–H groups in total. The number of nitrogens with zero attached hydrogens (tertiary/aromatic N) is 1. The van der Waals surface area contributed by atoms with E-state index in [0.717, 1.165) is 0 Å². The standard InChI is InChI=1S/C9H9NO3/c1-13-9-3-8(12)6(4-10)2-7(9)5-11/h2-3,11-12H,5H2,1H3. The van der Waals surface area contributed by atoms with Gasteiger partial charge in [0.15, 0.2) is 0 Å². The Kier molecular flexibility index (Phi) is 2.72. The normalized spacial score (nSPS) is 9.31. The van der Waals surface area contributed by atoms with Crippen molar-refractivity contribution in [1.82, 2.24) is 0 Å². The minimum atomic E-state index is -0.224. The van der Waals surface area contributed by atoms with Crippen molar-refractivity contribution in [3.8, 4) is 17.6 Å². The Hall–Kier alpha value is -1.73. The lowest BCUT2D eigenvalue weighted by Gasteiger charge is -2.07. The lowest BCUT2D eigenvalue weighted by Crippen LogP contribution is -1.93. The summed E-state index contributed by atoms with van der Waals surface area (Å²) >= 11 is 0. The van der Waals surface area contributed by atoms with E-state index in [1.807, 2.05) is 0 Å². The summed E-state index contributed by atoms with van der Waals surface area (Å²) in [6.07, 6.45) is 0. The van der Waals surface area contributed by atoms with E-state index in [1.54, 1.807) is 6.07 Å². The number of benzene rings is 1. The minimum absolute atomic E-state index is 0.129. The molecule has 1 aromatic carbocycles. The van der Waals surface area contributed by atoms with Gasteiger partial charge in [0.1, 0.15) is 17.6 Å². The third kappa shape index (κ3) is 1.71. The molecule has 0 saturated carbocycles. The molecule has 0 unspecified atom stereocenters. The lowest BCUT2D eigenvalue weighted by molar-refractivity contribution is 0.273. The number of aliphatic hydroxyl groups excluding tert-OH is 1. The van der Waals surface area contributed by atoms with E-state index < -0.39 is 0 Å². The monoisotopic (exact) mass is 179 g/mol. The van der Waals surface area contributed by atoms with Crippen molar-refractivity contribution < 1.29 is 14.9 Å². The first-order valence-electron chi connectivity index (χ1n) is 3.63. The first-order chi connectivity index (χ1) is 6.22. The van der Waals surface area contributed by atoms with Crippen molar-refractivity contribution in [3.05, 3.63) is 23.3 Å². The van der Waals surface area contributed by atoms with Crippen molar-refractivity contribution >= 4 is 0 Å². The fourth-order valence-corrected chi connectivity index (χ4v) is 1.02. The predicted molar refractivity (Wildman–Crippen MR) is 45.3 cm³/mol. The second kappa shape index (κ2) is 3.78. The van der Waals surface area contributed by atoms with Crippen LogP contribution in [0.4, 0.5) is 0 Å². The Labute approximate surface area is 75.6 Å². The zero-order valence-corrected chi connectivity index (χ0v) is 7.11. The quantitative estimate of drug-likeness (QED) is 0.703. The smallest absolute Gasteiger partial charge is 0.137 e. The molecule has 0 bridgehead atoms. The van der Waals surface area contributed by atoms with Gasteiger partial charge in [-0.25, -0.2) is 0 Å². The van der Waals surface area contributed by atoms with Crippen LogP contribution < -0.4 is 4.74 Å². The molecular weight excluding hydrogens is 170 g/mol. The maximum atomic E-state index is 9.26. The van der Waals surface area contributed by atoms with E-state index in [4.69, 9.17) is 15.1 Å². The summed E-state index contributed by atoms with van der Waals surface area (Å²) in [7, 11) is 1.43. The molecule has 0 spiro atoms. The molecule has 68 valence electrons. The second-order valence-electron chi connectivity index (χ2n) is 2.45. The van der Waals surface area contributed by atoms with E-state index in [9.17, 15) is 5.11 Å². The summed E-state index contributed by atoms with van der Waals surface area (Å²) in [6, 6.07) is 4.51. The van der Waals surface area contributed by atoms with Crippen LogP contribution in [-0.2, 0) is 6.61 Å². The van der Waals surface area contributed by atoms with Crippen LogP contribution in [0.1, 0.15) is 11.1 Å². The number of phenols is 1. The highest BCUT2D eigenvalue weighted by atomic mass is 16.5. The molecule has 0 fully saturated rings. The summed E-state index contributed by atoms with van der Waals surface area (Å²) in [4.78, 5) is 0. The molecule has 0 aliphatic rings. The topological polar surface area (TPSA) is 73.5 Å². The Balaban J connectivity index is 3.28. The number of nitriles is 1. The second-order valence-corrected chi connectivity index (χ2v) is 2.45. The first-order valence-corrected chi connectivity index (χ1v) is 3.63. The molecule has 4 heteroatoms. The van der Waals surface area contributed by atoms with Crippen LogP contribution in [0.5, 0.6) is 11.5 Å². The van der Waals surface area contributed by atoms with Gasteiger partial charge in [0, 0.05) is 11.6 Å². The third-order valence-electron chi connectivity index (χ3n) is 1.69. The van der Waals surface area contributed by atoms with Crippen molar-refractivity contribution in [1.29, 1.82) is 5.26 Å². The molecule has 1 rings (SSSR count). The van der Waals surface area contributed by atoms with E-state index in [-0.39, 0.29) is 17.9 Å². The van der Waals surface area contributed by atoms with Gasteiger partial charge < -0.3 is 14.9 Å². The van der Waals surface area contributed by atoms with Crippen LogP contribution in [0, 0.1) is 11.3 Å². The summed E-state index contributed by atoms with van der Waals surface area (Å²) in [6.45, 7) is -0.224. The van der Waals surface area contributed by atoms with Crippen LogP contribution in [0.25, 0.3) is 0 Å². The number of ether oxygens (including phenoxy) is 1. The molecule has 0 saturated heterocycles. The molecule has 0 aliphatic carbocycles. The molecule has 0 atom stereocenters.